The fourth-order valence-electron chi connectivity index (χ4n) is 3.95. The summed E-state index contributed by atoms with van der Waals surface area (Å²) in [6.45, 7) is 3.38. The highest BCUT2D eigenvalue weighted by atomic mass is 16.2. The summed E-state index contributed by atoms with van der Waals surface area (Å²) in [6, 6.07) is 16.1. The second kappa shape index (κ2) is 8.64. The molecule has 1 aliphatic carbocycles. The number of piperazine rings is 1. The normalized spacial score (nSPS) is 17.7. The van der Waals surface area contributed by atoms with E-state index in [1.807, 2.05) is 41.3 Å². The van der Waals surface area contributed by atoms with Crippen molar-refractivity contribution in [3.63, 3.8) is 0 Å². The van der Waals surface area contributed by atoms with Gasteiger partial charge in [0.2, 0.25) is 11.8 Å². The van der Waals surface area contributed by atoms with Crippen molar-refractivity contribution in [1.82, 2.24) is 15.2 Å². The number of hydrogen-bond donors (Lipinski definition) is 1. The molecule has 2 aromatic rings. The van der Waals surface area contributed by atoms with Gasteiger partial charge in [-0.05, 0) is 43.4 Å². The lowest BCUT2D eigenvalue weighted by Gasteiger charge is -2.36. The van der Waals surface area contributed by atoms with Crippen LogP contribution in [0.3, 0.4) is 0 Å². The van der Waals surface area contributed by atoms with E-state index in [0.717, 1.165) is 31.7 Å². The number of carbonyl (C=O) groups is 2. The molecule has 1 N–H and O–H groups in total. The molecule has 0 unspecified atom stereocenters. The largest absolute Gasteiger partial charge is 0.355 e. The van der Waals surface area contributed by atoms with Crippen molar-refractivity contribution >= 4 is 17.6 Å². The van der Waals surface area contributed by atoms with Gasteiger partial charge in [-0.25, -0.2) is 4.98 Å². The van der Waals surface area contributed by atoms with E-state index in [-0.39, 0.29) is 11.8 Å². The second-order valence-electron chi connectivity index (χ2n) is 7.89. The maximum absolute atomic E-state index is 13.1. The standard InChI is InChI=1S/C23H28N4O2/c28-21(25-14-6-9-19-7-2-1-3-8-19)23(11-12-23)22(29)27-17-15-26(16-18-27)20-10-4-5-13-24-20/h1-5,7-8,10,13H,6,9,11-12,14-18H2,(H,25,28). The Labute approximate surface area is 171 Å². The molecule has 152 valence electrons. The molecule has 1 saturated heterocycles. The molecule has 4 rings (SSSR count). The van der Waals surface area contributed by atoms with Crippen molar-refractivity contribution in [2.75, 3.05) is 37.6 Å². The number of benzene rings is 1. The number of anilines is 1. The van der Waals surface area contributed by atoms with Crippen molar-refractivity contribution in [1.29, 1.82) is 0 Å². The molecule has 2 heterocycles. The maximum Gasteiger partial charge on any atom is 0.238 e. The zero-order chi connectivity index (χ0) is 20.1. The minimum Gasteiger partial charge on any atom is -0.355 e. The first-order valence-electron chi connectivity index (χ1n) is 10.5. The summed E-state index contributed by atoms with van der Waals surface area (Å²) in [5, 5.41) is 3.00. The third-order valence-electron chi connectivity index (χ3n) is 5.90. The number of carbonyl (C=O) groups excluding carboxylic acids is 2. The summed E-state index contributed by atoms with van der Waals surface area (Å²) in [6.07, 6.45) is 4.92. The molecule has 2 fully saturated rings. The van der Waals surface area contributed by atoms with Gasteiger partial charge in [0.1, 0.15) is 11.2 Å². The number of aromatic nitrogens is 1. The first-order chi connectivity index (χ1) is 14.2. The van der Waals surface area contributed by atoms with Gasteiger partial charge in [-0.1, -0.05) is 36.4 Å². The lowest BCUT2D eigenvalue weighted by atomic mass is 10.0. The molecular formula is C23H28N4O2. The van der Waals surface area contributed by atoms with Crippen LogP contribution in [0.25, 0.3) is 0 Å². The Balaban J connectivity index is 1.24. The van der Waals surface area contributed by atoms with E-state index < -0.39 is 5.41 Å². The van der Waals surface area contributed by atoms with Gasteiger partial charge < -0.3 is 15.1 Å². The topological polar surface area (TPSA) is 65.5 Å². The Morgan fingerprint density at radius 2 is 1.69 bits per heavy atom. The highest BCUT2D eigenvalue weighted by Crippen LogP contribution is 2.47. The Morgan fingerprint density at radius 3 is 2.34 bits per heavy atom. The summed E-state index contributed by atoms with van der Waals surface area (Å²) < 4.78 is 0. The van der Waals surface area contributed by atoms with E-state index in [0.29, 0.717) is 32.5 Å². The van der Waals surface area contributed by atoms with Crippen LogP contribution in [0.15, 0.2) is 54.7 Å². The first kappa shape index (κ1) is 19.4. The van der Waals surface area contributed by atoms with E-state index in [9.17, 15) is 9.59 Å². The van der Waals surface area contributed by atoms with Crippen molar-refractivity contribution in [3.05, 3.63) is 60.3 Å². The van der Waals surface area contributed by atoms with Crippen molar-refractivity contribution in [2.45, 2.75) is 25.7 Å². The summed E-state index contributed by atoms with van der Waals surface area (Å²) in [4.78, 5) is 34.2. The van der Waals surface area contributed by atoms with Gasteiger partial charge in [0.05, 0.1) is 0 Å². The van der Waals surface area contributed by atoms with E-state index in [1.54, 1.807) is 6.20 Å². The SMILES string of the molecule is O=C(NCCCc1ccccc1)C1(C(=O)N2CCN(c3ccccn3)CC2)CC1. The molecule has 6 heteroatoms. The fraction of sp³-hybridized carbons (Fsp3) is 0.435. The monoisotopic (exact) mass is 392 g/mol. The zero-order valence-electron chi connectivity index (χ0n) is 16.7. The van der Waals surface area contributed by atoms with Gasteiger partial charge >= 0.3 is 0 Å². The third kappa shape index (κ3) is 4.42. The van der Waals surface area contributed by atoms with Gasteiger partial charge in [-0.2, -0.15) is 0 Å². The van der Waals surface area contributed by atoms with Crippen LogP contribution in [-0.2, 0) is 16.0 Å². The lowest BCUT2D eigenvalue weighted by Crippen LogP contribution is -2.53. The summed E-state index contributed by atoms with van der Waals surface area (Å²) in [5.41, 5.74) is 0.449. The maximum atomic E-state index is 13.1. The second-order valence-corrected chi connectivity index (χ2v) is 7.89. The van der Waals surface area contributed by atoms with Crippen molar-refractivity contribution in [3.8, 4) is 0 Å². The minimum absolute atomic E-state index is 0.00118. The van der Waals surface area contributed by atoms with Gasteiger partial charge in [-0.3, -0.25) is 9.59 Å². The minimum atomic E-state index is -0.820. The lowest BCUT2D eigenvalue weighted by molar-refractivity contribution is -0.144. The number of amides is 2. The molecule has 1 aromatic heterocycles. The molecule has 2 amide bonds. The van der Waals surface area contributed by atoms with Crippen molar-refractivity contribution in [2.24, 2.45) is 5.41 Å². The Kier molecular flexibility index (Phi) is 5.79. The predicted molar refractivity (Wildman–Crippen MR) is 112 cm³/mol. The summed E-state index contributed by atoms with van der Waals surface area (Å²) in [5.74, 6) is 0.846. The average molecular weight is 393 g/mol. The van der Waals surface area contributed by atoms with E-state index in [2.05, 4.69) is 27.3 Å². The first-order valence-corrected chi connectivity index (χ1v) is 10.5. The van der Waals surface area contributed by atoms with Crippen molar-refractivity contribution < 1.29 is 9.59 Å². The molecule has 1 saturated carbocycles. The smallest absolute Gasteiger partial charge is 0.238 e. The summed E-state index contributed by atoms with van der Waals surface area (Å²) in [7, 11) is 0. The molecule has 1 aliphatic heterocycles. The Hall–Kier alpha value is -2.89. The van der Waals surface area contributed by atoms with Gasteiger partial charge in [-0.15, -0.1) is 0 Å². The molecular weight excluding hydrogens is 364 g/mol. The van der Waals surface area contributed by atoms with Crippen LogP contribution in [0.2, 0.25) is 0 Å². The number of nitrogens with one attached hydrogen (secondary N) is 1. The molecule has 2 aliphatic rings. The van der Waals surface area contributed by atoms with Crippen LogP contribution in [-0.4, -0.2) is 54.4 Å². The van der Waals surface area contributed by atoms with Crippen LogP contribution in [0.5, 0.6) is 0 Å². The molecule has 0 spiro atoms. The van der Waals surface area contributed by atoms with Crippen LogP contribution in [0.1, 0.15) is 24.8 Å². The number of aryl methyl sites for hydroxylation is 1. The fourth-order valence-corrected chi connectivity index (χ4v) is 3.95. The quantitative estimate of drug-likeness (QED) is 0.580. The molecule has 0 radical (unpaired) electrons. The van der Waals surface area contributed by atoms with E-state index in [1.165, 1.54) is 5.56 Å². The molecule has 1 aromatic carbocycles. The van der Waals surface area contributed by atoms with Crippen LogP contribution >= 0.6 is 0 Å². The van der Waals surface area contributed by atoms with Crippen LogP contribution in [0, 0.1) is 5.41 Å². The molecule has 29 heavy (non-hydrogen) atoms. The summed E-state index contributed by atoms with van der Waals surface area (Å²) >= 11 is 0. The Morgan fingerprint density at radius 1 is 0.966 bits per heavy atom. The van der Waals surface area contributed by atoms with Crippen LogP contribution in [0.4, 0.5) is 5.82 Å². The third-order valence-corrected chi connectivity index (χ3v) is 5.90. The number of rotatable bonds is 7. The van der Waals surface area contributed by atoms with E-state index >= 15 is 0 Å². The van der Waals surface area contributed by atoms with Crippen LogP contribution < -0.4 is 10.2 Å². The zero-order valence-corrected chi connectivity index (χ0v) is 16.7. The number of hydrogen-bond acceptors (Lipinski definition) is 4. The number of pyridine rings is 1. The van der Waals surface area contributed by atoms with Gasteiger partial charge in [0.15, 0.2) is 0 Å². The average Bonchev–Trinajstić information content (AvgIpc) is 3.60. The van der Waals surface area contributed by atoms with E-state index in [4.69, 9.17) is 0 Å². The highest BCUT2D eigenvalue weighted by molar-refractivity contribution is 6.07. The molecule has 0 atom stereocenters. The number of nitrogens with zero attached hydrogens (tertiary/aromatic N) is 3. The highest BCUT2D eigenvalue weighted by Gasteiger charge is 2.58. The molecule has 0 bridgehead atoms. The Bertz CT molecular complexity index is 828. The van der Waals surface area contributed by atoms with Gasteiger partial charge in [0, 0.05) is 38.9 Å². The predicted octanol–water partition coefficient (Wildman–Crippen LogP) is 2.26. The van der Waals surface area contributed by atoms with Gasteiger partial charge in [0.25, 0.3) is 0 Å². The molecule has 6 nitrogen and oxygen atoms in total.